The van der Waals surface area contributed by atoms with E-state index >= 15 is 0 Å². The molecule has 0 spiro atoms. The van der Waals surface area contributed by atoms with Crippen LogP contribution in [0.15, 0.2) is 30.3 Å². The number of likely N-dealkylation sites (N-methyl/N-ethyl adjacent to an activating group) is 1. The normalized spacial score (nSPS) is 20.3. The standard InChI is InChI=1S/C27H39N5O/c1-20-11-13-21(14-12-20)27(15-7-5-8-16-27)26(33)32(4)19-22-18-24(31(2)3)30-25(29-22)23-10-6-9-17-28-23/h11-14,18,23,28H,5-10,15-17,19H2,1-4H3. The van der Waals surface area contributed by atoms with Crippen molar-refractivity contribution >= 4 is 11.7 Å². The summed E-state index contributed by atoms with van der Waals surface area (Å²) < 4.78 is 0. The molecular weight excluding hydrogens is 410 g/mol. The summed E-state index contributed by atoms with van der Waals surface area (Å²) in [5, 5.41) is 3.56. The van der Waals surface area contributed by atoms with Crippen molar-refractivity contribution in [3.8, 4) is 0 Å². The predicted molar refractivity (Wildman–Crippen MR) is 133 cm³/mol. The number of rotatable bonds is 6. The first kappa shape index (κ1) is 23.7. The van der Waals surface area contributed by atoms with E-state index in [1.807, 2.05) is 37.0 Å². The van der Waals surface area contributed by atoms with Gasteiger partial charge in [0.15, 0.2) is 0 Å². The maximum absolute atomic E-state index is 14.0. The summed E-state index contributed by atoms with van der Waals surface area (Å²) in [4.78, 5) is 27.6. The second-order valence-electron chi connectivity index (χ2n) is 10.1. The Hall–Kier alpha value is -2.47. The van der Waals surface area contributed by atoms with Crippen LogP contribution < -0.4 is 10.2 Å². The van der Waals surface area contributed by atoms with Crippen LogP contribution in [0.3, 0.4) is 0 Å². The van der Waals surface area contributed by atoms with Crippen LogP contribution in [-0.4, -0.2) is 48.5 Å². The molecule has 1 aromatic carbocycles. The van der Waals surface area contributed by atoms with Crippen molar-refractivity contribution in [2.45, 2.75) is 76.3 Å². The number of nitrogens with one attached hydrogen (secondary N) is 1. The van der Waals surface area contributed by atoms with Crippen molar-refractivity contribution in [1.82, 2.24) is 20.2 Å². The van der Waals surface area contributed by atoms with E-state index in [0.29, 0.717) is 6.54 Å². The first-order valence-corrected chi connectivity index (χ1v) is 12.5. The Labute approximate surface area is 198 Å². The van der Waals surface area contributed by atoms with E-state index in [-0.39, 0.29) is 11.9 Å². The van der Waals surface area contributed by atoms with Crippen molar-refractivity contribution in [3.05, 3.63) is 53.0 Å². The van der Waals surface area contributed by atoms with Crippen LogP contribution in [-0.2, 0) is 16.8 Å². The fourth-order valence-electron chi connectivity index (χ4n) is 5.38. The zero-order valence-corrected chi connectivity index (χ0v) is 20.7. The largest absolute Gasteiger partial charge is 0.363 e. The lowest BCUT2D eigenvalue weighted by Crippen LogP contribution is -2.46. The van der Waals surface area contributed by atoms with Crippen LogP contribution in [0.1, 0.15) is 80.1 Å². The zero-order valence-electron chi connectivity index (χ0n) is 20.7. The van der Waals surface area contributed by atoms with Gasteiger partial charge in [-0.3, -0.25) is 4.79 Å². The van der Waals surface area contributed by atoms with Crippen LogP contribution in [0.4, 0.5) is 5.82 Å². The maximum Gasteiger partial charge on any atom is 0.233 e. The number of carbonyl (C=O) groups excluding carboxylic acids is 1. The van der Waals surface area contributed by atoms with Gasteiger partial charge in [-0.05, 0) is 44.7 Å². The van der Waals surface area contributed by atoms with E-state index in [9.17, 15) is 4.79 Å². The molecule has 1 aromatic heterocycles. The highest BCUT2D eigenvalue weighted by Crippen LogP contribution is 2.41. The maximum atomic E-state index is 14.0. The predicted octanol–water partition coefficient (Wildman–Crippen LogP) is 4.53. The van der Waals surface area contributed by atoms with Gasteiger partial charge in [0, 0.05) is 27.2 Å². The summed E-state index contributed by atoms with van der Waals surface area (Å²) in [5.74, 6) is 1.96. The quantitative estimate of drug-likeness (QED) is 0.702. The SMILES string of the molecule is Cc1ccc(C2(C(=O)N(C)Cc3cc(N(C)C)nc(C4CCCCN4)n3)CCCCC2)cc1. The monoisotopic (exact) mass is 449 g/mol. The van der Waals surface area contributed by atoms with E-state index in [2.05, 4.69) is 36.5 Å². The Kier molecular flexibility index (Phi) is 7.32. The number of hydrogen-bond acceptors (Lipinski definition) is 5. The summed E-state index contributed by atoms with van der Waals surface area (Å²) in [6, 6.07) is 10.8. The number of aromatic nitrogens is 2. The van der Waals surface area contributed by atoms with Crippen LogP contribution >= 0.6 is 0 Å². The molecule has 1 aliphatic carbocycles. The molecule has 2 fully saturated rings. The fraction of sp³-hybridized carbons (Fsp3) is 0.593. The summed E-state index contributed by atoms with van der Waals surface area (Å²) in [6.07, 6.45) is 8.70. The Balaban J connectivity index is 1.60. The summed E-state index contributed by atoms with van der Waals surface area (Å²) in [7, 11) is 5.95. The van der Waals surface area contributed by atoms with Gasteiger partial charge in [0.2, 0.25) is 5.91 Å². The Morgan fingerprint density at radius 3 is 2.39 bits per heavy atom. The molecule has 6 heteroatoms. The third-order valence-electron chi connectivity index (χ3n) is 7.33. The van der Waals surface area contributed by atoms with Gasteiger partial charge in [0.05, 0.1) is 23.7 Å². The molecule has 0 bridgehead atoms. The molecule has 33 heavy (non-hydrogen) atoms. The minimum atomic E-state index is -0.425. The van der Waals surface area contributed by atoms with Crippen molar-refractivity contribution in [2.24, 2.45) is 0 Å². The molecule has 1 amide bonds. The summed E-state index contributed by atoms with van der Waals surface area (Å²) in [5.41, 5.74) is 2.87. The van der Waals surface area contributed by atoms with E-state index < -0.39 is 5.41 Å². The van der Waals surface area contributed by atoms with Crippen molar-refractivity contribution < 1.29 is 4.79 Å². The molecule has 1 saturated carbocycles. The molecule has 2 aromatic rings. The van der Waals surface area contributed by atoms with Gasteiger partial charge < -0.3 is 15.1 Å². The van der Waals surface area contributed by atoms with Gasteiger partial charge in [0.25, 0.3) is 0 Å². The molecule has 6 nitrogen and oxygen atoms in total. The molecular formula is C27H39N5O. The van der Waals surface area contributed by atoms with Crippen molar-refractivity contribution in [1.29, 1.82) is 0 Å². The van der Waals surface area contributed by atoms with E-state index in [1.165, 1.54) is 24.8 Å². The lowest BCUT2D eigenvalue weighted by Gasteiger charge is -2.39. The van der Waals surface area contributed by atoms with E-state index in [4.69, 9.17) is 9.97 Å². The second kappa shape index (κ2) is 10.2. The lowest BCUT2D eigenvalue weighted by atomic mass is 9.68. The van der Waals surface area contributed by atoms with Crippen LogP contribution in [0.25, 0.3) is 0 Å². The Morgan fingerprint density at radius 2 is 1.76 bits per heavy atom. The number of aryl methyl sites for hydroxylation is 1. The first-order valence-electron chi connectivity index (χ1n) is 12.5. The minimum absolute atomic E-state index is 0.190. The van der Waals surface area contributed by atoms with Crippen molar-refractivity contribution in [3.63, 3.8) is 0 Å². The molecule has 1 aliphatic heterocycles. The van der Waals surface area contributed by atoms with E-state index in [1.54, 1.807) is 0 Å². The highest BCUT2D eigenvalue weighted by Gasteiger charge is 2.42. The van der Waals surface area contributed by atoms with Crippen LogP contribution in [0.5, 0.6) is 0 Å². The van der Waals surface area contributed by atoms with E-state index in [0.717, 1.165) is 61.5 Å². The number of nitrogens with zero attached hydrogens (tertiary/aromatic N) is 4. The number of hydrogen-bond donors (Lipinski definition) is 1. The molecule has 2 aliphatic rings. The third-order valence-corrected chi connectivity index (χ3v) is 7.33. The molecule has 1 N–H and O–H groups in total. The number of amides is 1. The third kappa shape index (κ3) is 5.21. The van der Waals surface area contributed by atoms with Gasteiger partial charge in [-0.1, -0.05) is 55.5 Å². The summed E-state index contributed by atoms with van der Waals surface area (Å²) >= 11 is 0. The van der Waals surface area contributed by atoms with Gasteiger partial charge in [-0.25, -0.2) is 9.97 Å². The lowest BCUT2D eigenvalue weighted by molar-refractivity contribution is -0.138. The average molecular weight is 450 g/mol. The molecule has 1 atom stereocenters. The van der Waals surface area contributed by atoms with Crippen LogP contribution in [0.2, 0.25) is 0 Å². The highest BCUT2D eigenvalue weighted by molar-refractivity contribution is 5.88. The molecule has 1 saturated heterocycles. The van der Waals surface area contributed by atoms with Gasteiger partial charge in [-0.2, -0.15) is 0 Å². The van der Waals surface area contributed by atoms with Crippen LogP contribution in [0, 0.1) is 6.92 Å². The smallest absolute Gasteiger partial charge is 0.233 e. The Bertz CT molecular complexity index is 943. The highest BCUT2D eigenvalue weighted by atomic mass is 16.2. The average Bonchev–Trinajstić information content (AvgIpc) is 2.84. The second-order valence-corrected chi connectivity index (χ2v) is 10.1. The topological polar surface area (TPSA) is 61.4 Å². The minimum Gasteiger partial charge on any atom is -0.363 e. The molecule has 0 radical (unpaired) electrons. The zero-order chi connectivity index (χ0) is 23.4. The number of benzene rings is 1. The van der Waals surface area contributed by atoms with Gasteiger partial charge >= 0.3 is 0 Å². The molecule has 2 heterocycles. The van der Waals surface area contributed by atoms with Gasteiger partial charge in [0.1, 0.15) is 11.6 Å². The first-order chi connectivity index (χ1) is 15.9. The molecule has 178 valence electrons. The Morgan fingerprint density at radius 1 is 1.03 bits per heavy atom. The fourth-order valence-corrected chi connectivity index (χ4v) is 5.38. The van der Waals surface area contributed by atoms with Gasteiger partial charge in [-0.15, -0.1) is 0 Å². The number of anilines is 1. The molecule has 1 unspecified atom stereocenters. The number of carbonyl (C=O) groups is 1. The molecule has 4 rings (SSSR count). The van der Waals surface area contributed by atoms with Crippen molar-refractivity contribution in [2.75, 3.05) is 32.6 Å². The number of piperidine rings is 1. The summed E-state index contributed by atoms with van der Waals surface area (Å²) in [6.45, 7) is 3.60.